The molecule has 0 aliphatic heterocycles. The van der Waals surface area contributed by atoms with Gasteiger partial charge in [-0.05, 0) is 40.9 Å². The molecule has 4 heteroatoms. The Bertz CT molecular complexity index is 342. The van der Waals surface area contributed by atoms with Gasteiger partial charge in [0.1, 0.15) is 5.82 Å². The normalized spacial score (nSPS) is 12.1. The SMILES string of the molecule is CN(C)CCc1nccc(CNC(C)(C)C)n1. The highest BCUT2D eigenvalue weighted by molar-refractivity contribution is 5.03. The average molecular weight is 236 g/mol. The maximum Gasteiger partial charge on any atom is 0.129 e. The minimum absolute atomic E-state index is 0.120. The zero-order valence-electron chi connectivity index (χ0n) is 11.6. The van der Waals surface area contributed by atoms with E-state index in [1.165, 1.54) is 0 Å². The second-order valence-corrected chi connectivity index (χ2v) is 5.62. The van der Waals surface area contributed by atoms with Gasteiger partial charge in [-0.25, -0.2) is 9.97 Å². The molecule has 1 aromatic heterocycles. The van der Waals surface area contributed by atoms with Crippen LogP contribution in [0.2, 0.25) is 0 Å². The summed E-state index contributed by atoms with van der Waals surface area (Å²) in [7, 11) is 4.12. The summed E-state index contributed by atoms with van der Waals surface area (Å²) in [5.74, 6) is 0.923. The van der Waals surface area contributed by atoms with Crippen molar-refractivity contribution >= 4 is 0 Å². The van der Waals surface area contributed by atoms with Crippen LogP contribution in [0.25, 0.3) is 0 Å². The average Bonchev–Trinajstić information content (AvgIpc) is 2.23. The first-order valence-electron chi connectivity index (χ1n) is 6.07. The second-order valence-electron chi connectivity index (χ2n) is 5.62. The molecule has 4 nitrogen and oxygen atoms in total. The van der Waals surface area contributed by atoms with Crippen molar-refractivity contribution in [3.8, 4) is 0 Å². The molecule has 17 heavy (non-hydrogen) atoms. The van der Waals surface area contributed by atoms with Crippen LogP contribution in [-0.4, -0.2) is 41.0 Å². The van der Waals surface area contributed by atoms with Crippen LogP contribution in [0.3, 0.4) is 0 Å². The molecule has 0 atom stereocenters. The topological polar surface area (TPSA) is 41.1 Å². The van der Waals surface area contributed by atoms with Crippen LogP contribution in [-0.2, 0) is 13.0 Å². The second kappa shape index (κ2) is 6.07. The predicted molar refractivity (Wildman–Crippen MR) is 70.9 cm³/mol. The number of likely N-dealkylation sites (N-methyl/N-ethyl adjacent to an activating group) is 1. The van der Waals surface area contributed by atoms with E-state index in [2.05, 4.69) is 55.1 Å². The highest BCUT2D eigenvalue weighted by Gasteiger charge is 2.09. The highest BCUT2D eigenvalue weighted by Crippen LogP contribution is 2.02. The van der Waals surface area contributed by atoms with Gasteiger partial charge in [-0.15, -0.1) is 0 Å². The van der Waals surface area contributed by atoms with E-state index in [0.717, 1.165) is 31.0 Å². The molecule has 0 bridgehead atoms. The Kier molecular flexibility index (Phi) is 5.02. The number of rotatable bonds is 5. The lowest BCUT2D eigenvalue weighted by Crippen LogP contribution is -2.35. The summed E-state index contributed by atoms with van der Waals surface area (Å²) in [6.45, 7) is 8.24. The molecule has 0 saturated carbocycles. The molecule has 0 spiro atoms. The standard InChI is InChI=1S/C13H24N4/c1-13(2,3)15-10-11-6-8-14-12(16-11)7-9-17(4)5/h6,8,15H,7,9-10H2,1-5H3. The molecule has 1 heterocycles. The van der Waals surface area contributed by atoms with Crippen molar-refractivity contribution in [1.82, 2.24) is 20.2 Å². The van der Waals surface area contributed by atoms with Crippen LogP contribution < -0.4 is 5.32 Å². The third-order valence-corrected chi connectivity index (χ3v) is 2.35. The Morgan fingerprint density at radius 3 is 2.59 bits per heavy atom. The fraction of sp³-hybridized carbons (Fsp3) is 0.692. The zero-order chi connectivity index (χ0) is 12.9. The molecular weight excluding hydrogens is 212 g/mol. The Hall–Kier alpha value is -1.00. The van der Waals surface area contributed by atoms with Gasteiger partial charge in [-0.2, -0.15) is 0 Å². The van der Waals surface area contributed by atoms with Crippen LogP contribution in [0.5, 0.6) is 0 Å². The van der Waals surface area contributed by atoms with Crippen LogP contribution in [0, 0.1) is 0 Å². The summed E-state index contributed by atoms with van der Waals surface area (Å²) in [5.41, 5.74) is 1.18. The summed E-state index contributed by atoms with van der Waals surface area (Å²) < 4.78 is 0. The maximum absolute atomic E-state index is 4.55. The molecule has 0 aliphatic carbocycles. The first kappa shape index (κ1) is 14.1. The summed E-state index contributed by atoms with van der Waals surface area (Å²) in [6, 6.07) is 1.97. The Balaban J connectivity index is 2.54. The van der Waals surface area contributed by atoms with Gasteiger partial charge in [0.05, 0.1) is 5.69 Å². The van der Waals surface area contributed by atoms with E-state index in [4.69, 9.17) is 0 Å². The molecule has 0 saturated heterocycles. The predicted octanol–water partition coefficient (Wildman–Crippen LogP) is 1.47. The molecule has 1 aromatic rings. The molecule has 0 unspecified atom stereocenters. The molecule has 0 aromatic carbocycles. The van der Waals surface area contributed by atoms with E-state index in [9.17, 15) is 0 Å². The zero-order valence-corrected chi connectivity index (χ0v) is 11.6. The van der Waals surface area contributed by atoms with Crippen LogP contribution in [0.4, 0.5) is 0 Å². The number of nitrogens with zero attached hydrogens (tertiary/aromatic N) is 3. The van der Waals surface area contributed by atoms with E-state index in [1.54, 1.807) is 0 Å². The van der Waals surface area contributed by atoms with Crippen molar-refractivity contribution in [2.45, 2.75) is 39.3 Å². The summed E-state index contributed by atoms with van der Waals surface area (Å²) >= 11 is 0. The van der Waals surface area contributed by atoms with Crippen molar-refractivity contribution in [1.29, 1.82) is 0 Å². The minimum Gasteiger partial charge on any atom is -0.309 e. The maximum atomic E-state index is 4.55. The van der Waals surface area contributed by atoms with Gasteiger partial charge in [0.25, 0.3) is 0 Å². The summed E-state index contributed by atoms with van der Waals surface area (Å²) in [4.78, 5) is 11.0. The van der Waals surface area contributed by atoms with Gasteiger partial charge in [-0.3, -0.25) is 0 Å². The molecule has 1 rings (SSSR count). The van der Waals surface area contributed by atoms with Gasteiger partial charge in [0.2, 0.25) is 0 Å². The Morgan fingerprint density at radius 2 is 2.00 bits per heavy atom. The fourth-order valence-corrected chi connectivity index (χ4v) is 1.34. The quantitative estimate of drug-likeness (QED) is 0.840. The van der Waals surface area contributed by atoms with Crippen molar-refractivity contribution in [3.05, 3.63) is 23.8 Å². The van der Waals surface area contributed by atoms with Gasteiger partial charge in [0, 0.05) is 31.2 Å². The molecule has 0 radical (unpaired) electrons. The Labute approximate surface area is 104 Å². The van der Waals surface area contributed by atoms with Gasteiger partial charge < -0.3 is 10.2 Å². The van der Waals surface area contributed by atoms with E-state index in [-0.39, 0.29) is 5.54 Å². The molecule has 1 N–H and O–H groups in total. The molecule has 0 aliphatic rings. The van der Waals surface area contributed by atoms with Crippen molar-refractivity contribution in [2.75, 3.05) is 20.6 Å². The highest BCUT2D eigenvalue weighted by atomic mass is 15.1. The first-order chi connectivity index (χ1) is 7.87. The third kappa shape index (κ3) is 6.34. The lowest BCUT2D eigenvalue weighted by atomic mass is 10.1. The largest absolute Gasteiger partial charge is 0.309 e. The van der Waals surface area contributed by atoms with Crippen LogP contribution in [0.1, 0.15) is 32.3 Å². The molecule has 0 amide bonds. The minimum atomic E-state index is 0.120. The van der Waals surface area contributed by atoms with E-state index >= 15 is 0 Å². The van der Waals surface area contributed by atoms with Crippen LogP contribution >= 0.6 is 0 Å². The van der Waals surface area contributed by atoms with Crippen molar-refractivity contribution < 1.29 is 0 Å². The monoisotopic (exact) mass is 236 g/mol. The molecule has 96 valence electrons. The van der Waals surface area contributed by atoms with Gasteiger partial charge >= 0.3 is 0 Å². The van der Waals surface area contributed by atoms with Crippen molar-refractivity contribution in [2.24, 2.45) is 0 Å². The van der Waals surface area contributed by atoms with E-state index in [0.29, 0.717) is 0 Å². The number of aromatic nitrogens is 2. The summed E-state index contributed by atoms with van der Waals surface area (Å²) in [6.07, 6.45) is 2.74. The number of hydrogen-bond acceptors (Lipinski definition) is 4. The first-order valence-corrected chi connectivity index (χ1v) is 6.07. The number of hydrogen-bond donors (Lipinski definition) is 1. The third-order valence-electron chi connectivity index (χ3n) is 2.35. The summed E-state index contributed by atoms with van der Waals surface area (Å²) in [5, 5.41) is 3.43. The van der Waals surface area contributed by atoms with Crippen molar-refractivity contribution in [3.63, 3.8) is 0 Å². The van der Waals surface area contributed by atoms with E-state index in [1.807, 2.05) is 12.3 Å². The van der Waals surface area contributed by atoms with Gasteiger partial charge in [-0.1, -0.05) is 0 Å². The molecule has 0 fully saturated rings. The van der Waals surface area contributed by atoms with Crippen LogP contribution in [0.15, 0.2) is 12.3 Å². The lowest BCUT2D eigenvalue weighted by molar-refractivity contribution is 0.407. The fourth-order valence-electron chi connectivity index (χ4n) is 1.34. The Morgan fingerprint density at radius 1 is 1.29 bits per heavy atom. The smallest absolute Gasteiger partial charge is 0.129 e. The van der Waals surface area contributed by atoms with Gasteiger partial charge in [0.15, 0.2) is 0 Å². The molecular formula is C13H24N4. The number of nitrogens with one attached hydrogen (secondary N) is 1. The van der Waals surface area contributed by atoms with E-state index < -0.39 is 0 Å². The lowest BCUT2D eigenvalue weighted by Gasteiger charge is -2.20.